The number of nitrogens with one attached hydrogen (secondary N) is 1. The van der Waals surface area contributed by atoms with Gasteiger partial charge in [-0.1, -0.05) is 11.2 Å². The first kappa shape index (κ1) is 18.5. The number of carbonyl (C=O) groups is 1. The molecule has 0 atom stereocenters. The van der Waals surface area contributed by atoms with Gasteiger partial charge in [0.2, 0.25) is 5.91 Å². The van der Waals surface area contributed by atoms with Crippen LogP contribution in [0.2, 0.25) is 0 Å². The molecule has 3 aromatic rings. The molecule has 9 heteroatoms. The number of hydrogen-bond acceptors (Lipinski definition) is 6. The van der Waals surface area contributed by atoms with Crippen LogP contribution in [0.25, 0.3) is 11.3 Å². The van der Waals surface area contributed by atoms with Crippen molar-refractivity contribution in [3.05, 3.63) is 52.2 Å². The van der Waals surface area contributed by atoms with Crippen LogP contribution < -0.4 is 5.32 Å². The molecule has 136 valence electrons. The Morgan fingerprint density at radius 2 is 2.04 bits per heavy atom. The molecular formula is C17H15F2N3O2S2. The fourth-order valence-electron chi connectivity index (χ4n) is 2.30. The third-order valence-electron chi connectivity index (χ3n) is 3.63. The van der Waals surface area contributed by atoms with E-state index >= 15 is 0 Å². The van der Waals surface area contributed by atoms with E-state index in [1.165, 1.54) is 35.3 Å². The van der Waals surface area contributed by atoms with E-state index in [0.29, 0.717) is 10.9 Å². The van der Waals surface area contributed by atoms with E-state index in [2.05, 4.69) is 15.5 Å². The minimum Gasteiger partial charge on any atom is -0.361 e. The zero-order chi connectivity index (χ0) is 18.7. The summed E-state index contributed by atoms with van der Waals surface area (Å²) < 4.78 is 32.7. The molecule has 0 radical (unpaired) electrons. The van der Waals surface area contributed by atoms with Gasteiger partial charge in [-0.3, -0.25) is 4.79 Å². The maximum absolute atomic E-state index is 13.8. The molecule has 0 fully saturated rings. The van der Waals surface area contributed by atoms with Gasteiger partial charge in [-0.25, -0.2) is 13.8 Å². The van der Waals surface area contributed by atoms with E-state index in [9.17, 15) is 13.6 Å². The van der Waals surface area contributed by atoms with E-state index < -0.39 is 11.6 Å². The molecule has 26 heavy (non-hydrogen) atoms. The molecule has 5 nitrogen and oxygen atoms in total. The Bertz CT molecular complexity index is 900. The van der Waals surface area contributed by atoms with Gasteiger partial charge < -0.3 is 9.84 Å². The van der Waals surface area contributed by atoms with Crippen molar-refractivity contribution < 1.29 is 18.1 Å². The third kappa shape index (κ3) is 4.10. The largest absolute Gasteiger partial charge is 0.361 e. The summed E-state index contributed by atoms with van der Waals surface area (Å²) in [5.41, 5.74) is 1.75. The van der Waals surface area contributed by atoms with Crippen LogP contribution in [-0.2, 0) is 10.5 Å². The van der Waals surface area contributed by atoms with Crippen LogP contribution in [0.15, 0.2) is 28.1 Å². The van der Waals surface area contributed by atoms with Gasteiger partial charge in [0, 0.05) is 16.7 Å². The van der Waals surface area contributed by atoms with Crippen molar-refractivity contribution in [1.29, 1.82) is 0 Å². The maximum atomic E-state index is 13.8. The molecule has 0 aliphatic rings. The van der Waals surface area contributed by atoms with Gasteiger partial charge in [-0.05, 0) is 26.0 Å². The van der Waals surface area contributed by atoms with Crippen molar-refractivity contribution in [2.75, 3.05) is 11.1 Å². The van der Waals surface area contributed by atoms with Gasteiger partial charge in [0.05, 0.1) is 22.7 Å². The van der Waals surface area contributed by atoms with Gasteiger partial charge in [0.15, 0.2) is 5.13 Å². The lowest BCUT2D eigenvalue weighted by Crippen LogP contribution is -2.14. The molecular weight excluding hydrogens is 380 g/mol. The Kier molecular flexibility index (Phi) is 5.67. The lowest BCUT2D eigenvalue weighted by atomic mass is 10.1. The van der Waals surface area contributed by atoms with E-state index in [1.807, 2.05) is 13.8 Å². The zero-order valence-electron chi connectivity index (χ0n) is 14.0. The van der Waals surface area contributed by atoms with Crippen molar-refractivity contribution in [3.8, 4) is 11.3 Å². The predicted molar refractivity (Wildman–Crippen MR) is 98.2 cm³/mol. The van der Waals surface area contributed by atoms with Crippen LogP contribution >= 0.6 is 23.1 Å². The highest BCUT2D eigenvalue weighted by atomic mass is 32.2. The van der Waals surface area contributed by atoms with Crippen LogP contribution in [0.5, 0.6) is 0 Å². The number of nitrogens with zero attached hydrogens (tertiary/aromatic N) is 2. The molecule has 2 aromatic heterocycles. The summed E-state index contributed by atoms with van der Waals surface area (Å²) >= 11 is 2.54. The van der Waals surface area contributed by atoms with Gasteiger partial charge in [-0.2, -0.15) is 0 Å². The highest BCUT2D eigenvalue weighted by Gasteiger charge is 2.15. The summed E-state index contributed by atoms with van der Waals surface area (Å²) in [5, 5.41) is 8.32. The molecule has 1 N–H and O–H groups in total. The summed E-state index contributed by atoms with van der Waals surface area (Å²) in [6.07, 6.45) is 0. The summed E-state index contributed by atoms with van der Waals surface area (Å²) in [7, 11) is 0. The number of carbonyl (C=O) groups excluding carboxylic acids is 1. The summed E-state index contributed by atoms with van der Waals surface area (Å²) in [5.74, 6) is -0.0551. The standard InChI is InChI=1S/C17H15F2N3O2S2/c1-9-11(10(2)24-22-9)6-25-8-15(23)21-17-20-14(7-26-17)16-12(18)4-3-5-13(16)19/h3-5,7H,6,8H2,1-2H3,(H,20,21,23). The highest BCUT2D eigenvalue weighted by molar-refractivity contribution is 7.99. The van der Waals surface area contributed by atoms with Crippen LogP contribution in [0, 0.1) is 25.5 Å². The van der Waals surface area contributed by atoms with Crippen LogP contribution in [-0.4, -0.2) is 21.8 Å². The first-order valence-corrected chi connectivity index (χ1v) is 9.68. The predicted octanol–water partition coefficient (Wildman–Crippen LogP) is 4.57. The summed E-state index contributed by atoms with van der Waals surface area (Å²) in [4.78, 5) is 16.1. The number of anilines is 1. The van der Waals surface area contributed by atoms with Crippen molar-refractivity contribution >= 4 is 34.1 Å². The number of hydrogen-bond donors (Lipinski definition) is 1. The second kappa shape index (κ2) is 7.96. The zero-order valence-corrected chi connectivity index (χ0v) is 15.6. The molecule has 0 unspecified atom stereocenters. The molecule has 0 bridgehead atoms. The van der Waals surface area contributed by atoms with Crippen molar-refractivity contribution in [3.63, 3.8) is 0 Å². The van der Waals surface area contributed by atoms with Crippen molar-refractivity contribution in [2.45, 2.75) is 19.6 Å². The SMILES string of the molecule is Cc1noc(C)c1CSCC(=O)Nc1nc(-c2c(F)cccc2F)cs1. The van der Waals surface area contributed by atoms with Crippen LogP contribution in [0.1, 0.15) is 17.0 Å². The van der Waals surface area contributed by atoms with E-state index in [4.69, 9.17) is 4.52 Å². The van der Waals surface area contributed by atoms with Crippen molar-refractivity contribution in [1.82, 2.24) is 10.1 Å². The average Bonchev–Trinajstić information content (AvgIpc) is 3.16. The molecule has 0 saturated carbocycles. The first-order valence-electron chi connectivity index (χ1n) is 7.65. The summed E-state index contributed by atoms with van der Waals surface area (Å²) in [6.45, 7) is 3.68. The second-order valence-electron chi connectivity index (χ2n) is 5.48. The molecule has 0 aliphatic heterocycles. The summed E-state index contributed by atoms with van der Waals surface area (Å²) in [6, 6.07) is 3.63. The average molecular weight is 395 g/mol. The number of halogens is 2. The van der Waals surface area contributed by atoms with Crippen molar-refractivity contribution in [2.24, 2.45) is 0 Å². The lowest BCUT2D eigenvalue weighted by molar-refractivity contribution is -0.113. The number of aryl methyl sites for hydroxylation is 2. The molecule has 1 amide bonds. The number of thioether (sulfide) groups is 1. The van der Waals surface area contributed by atoms with E-state index in [-0.39, 0.29) is 22.9 Å². The number of rotatable bonds is 6. The van der Waals surface area contributed by atoms with Gasteiger partial charge in [0.1, 0.15) is 17.4 Å². The fraction of sp³-hybridized carbons (Fsp3) is 0.235. The second-order valence-corrected chi connectivity index (χ2v) is 7.32. The highest BCUT2D eigenvalue weighted by Crippen LogP contribution is 2.29. The Balaban J connectivity index is 1.58. The quantitative estimate of drug-likeness (QED) is 0.662. The Morgan fingerprint density at radius 1 is 1.31 bits per heavy atom. The third-order valence-corrected chi connectivity index (χ3v) is 5.35. The van der Waals surface area contributed by atoms with Gasteiger partial charge in [-0.15, -0.1) is 23.1 Å². The topological polar surface area (TPSA) is 68.0 Å². The molecule has 0 saturated heterocycles. The molecule has 0 spiro atoms. The maximum Gasteiger partial charge on any atom is 0.236 e. The van der Waals surface area contributed by atoms with E-state index in [0.717, 1.165) is 28.4 Å². The monoisotopic (exact) mass is 395 g/mol. The number of aromatic nitrogens is 2. The molecule has 2 heterocycles. The smallest absolute Gasteiger partial charge is 0.236 e. The van der Waals surface area contributed by atoms with Gasteiger partial charge >= 0.3 is 0 Å². The van der Waals surface area contributed by atoms with Crippen LogP contribution in [0.3, 0.4) is 0 Å². The van der Waals surface area contributed by atoms with Gasteiger partial charge in [0.25, 0.3) is 0 Å². The molecule has 1 aromatic carbocycles. The minimum atomic E-state index is -0.691. The normalized spacial score (nSPS) is 10.9. The first-order chi connectivity index (χ1) is 12.5. The minimum absolute atomic E-state index is 0.157. The van der Waals surface area contributed by atoms with Crippen LogP contribution in [0.4, 0.5) is 13.9 Å². The fourth-order valence-corrected chi connectivity index (χ4v) is 3.99. The Hall–Kier alpha value is -2.26. The number of benzene rings is 1. The molecule has 0 aliphatic carbocycles. The number of thiazole rings is 1. The lowest BCUT2D eigenvalue weighted by Gasteiger charge is -2.03. The Labute approximate surface area is 156 Å². The van der Waals surface area contributed by atoms with E-state index in [1.54, 1.807) is 0 Å². The molecule has 3 rings (SSSR count). The number of amides is 1. The Morgan fingerprint density at radius 3 is 2.69 bits per heavy atom.